The summed E-state index contributed by atoms with van der Waals surface area (Å²) in [5, 5.41) is 2.84. The van der Waals surface area contributed by atoms with Crippen molar-refractivity contribution < 1.29 is 0 Å². The van der Waals surface area contributed by atoms with E-state index in [2.05, 4.69) is 33.8 Å². The van der Waals surface area contributed by atoms with Gasteiger partial charge < -0.3 is 0 Å². The van der Waals surface area contributed by atoms with Crippen LogP contribution in [-0.4, -0.2) is 5.29 Å². The molecule has 0 aromatic carbocycles. The Morgan fingerprint density at radius 1 is 0.917 bits per heavy atom. The molecule has 2 aliphatic rings. The van der Waals surface area contributed by atoms with Crippen LogP contribution in [0.15, 0.2) is 27.6 Å². The lowest BCUT2D eigenvalue weighted by atomic mass is 10.1. The summed E-state index contributed by atoms with van der Waals surface area (Å²) in [5.41, 5.74) is 5.71. The third kappa shape index (κ3) is 0.881. The van der Waals surface area contributed by atoms with Crippen LogP contribution in [0.1, 0.15) is 27.7 Å². The van der Waals surface area contributed by atoms with Crippen molar-refractivity contribution in [2.24, 2.45) is 0 Å². The number of hydrogen-bond acceptors (Lipinski definition) is 0. The average Bonchev–Trinajstić information content (AvgIpc) is 2.49. The maximum absolute atomic E-state index is 3.43. The summed E-state index contributed by atoms with van der Waals surface area (Å²) >= 11 is 0. The standard InChI is InChI=1S/C11H12P/c1-6-5-10-8(3)7(2)9(4)11(10)12-6/h1-4H3. The van der Waals surface area contributed by atoms with Crippen LogP contribution in [0.3, 0.4) is 0 Å². The summed E-state index contributed by atoms with van der Waals surface area (Å²) < 4.78 is 0. The van der Waals surface area contributed by atoms with Crippen molar-refractivity contribution in [1.29, 1.82) is 0 Å². The second kappa shape index (κ2) is 2.44. The Hall–Kier alpha value is -0.610. The molecule has 0 saturated carbocycles. The third-order valence-corrected chi connectivity index (χ3v) is 3.91. The lowest BCUT2D eigenvalue weighted by Gasteiger charge is -1.96. The van der Waals surface area contributed by atoms with Crippen molar-refractivity contribution in [3.63, 3.8) is 0 Å². The zero-order valence-corrected chi connectivity index (χ0v) is 8.84. The molecule has 0 aromatic heterocycles. The lowest BCUT2D eigenvalue weighted by Crippen LogP contribution is -1.91. The molecule has 1 aliphatic heterocycles. The molecule has 0 fully saturated rings. The van der Waals surface area contributed by atoms with Gasteiger partial charge in [0.2, 0.25) is 0 Å². The van der Waals surface area contributed by atoms with E-state index in [9.17, 15) is 0 Å². The molecule has 0 nitrogen and oxygen atoms in total. The molecule has 0 atom stereocenters. The van der Waals surface area contributed by atoms with E-state index in [0.29, 0.717) is 0 Å². The highest BCUT2D eigenvalue weighted by atomic mass is 31.1. The third-order valence-electron chi connectivity index (χ3n) is 2.68. The van der Waals surface area contributed by atoms with Gasteiger partial charge in [-0.15, -0.1) is 0 Å². The van der Waals surface area contributed by atoms with Crippen LogP contribution in [0.4, 0.5) is 0 Å². The number of allylic oxidation sites excluding steroid dienone is 6. The molecule has 2 rings (SSSR count). The van der Waals surface area contributed by atoms with Crippen molar-refractivity contribution in [3.05, 3.63) is 33.7 Å². The predicted molar refractivity (Wildman–Crippen MR) is 55.4 cm³/mol. The molecule has 0 amide bonds. The first-order chi connectivity index (χ1) is 5.61. The fourth-order valence-electron chi connectivity index (χ4n) is 1.68. The van der Waals surface area contributed by atoms with Gasteiger partial charge >= 0.3 is 0 Å². The molecular formula is C11H12P. The molecule has 0 saturated heterocycles. The first-order valence-electron chi connectivity index (χ1n) is 4.20. The van der Waals surface area contributed by atoms with E-state index in [0.717, 1.165) is 0 Å². The van der Waals surface area contributed by atoms with Crippen LogP contribution in [0, 0.1) is 6.08 Å². The monoisotopic (exact) mass is 175 g/mol. The van der Waals surface area contributed by atoms with Gasteiger partial charge in [-0.25, -0.2) is 0 Å². The van der Waals surface area contributed by atoms with E-state index < -0.39 is 0 Å². The summed E-state index contributed by atoms with van der Waals surface area (Å²) in [4.78, 5) is 0. The van der Waals surface area contributed by atoms with Gasteiger partial charge in [0.15, 0.2) is 0 Å². The zero-order chi connectivity index (χ0) is 8.88. The van der Waals surface area contributed by atoms with Gasteiger partial charge in [0.25, 0.3) is 0 Å². The minimum atomic E-state index is 1.35. The molecular weight excluding hydrogens is 163 g/mol. The Balaban J connectivity index is 2.63. The minimum absolute atomic E-state index is 1.35. The summed E-state index contributed by atoms with van der Waals surface area (Å²) in [5.74, 6) is 0. The second-order valence-electron chi connectivity index (χ2n) is 3.42. The molecule has 1 heteroatoms. The molecule has 0 spiro atoms. The molecule has 0 bridgehead atoms. The van der Waals surface area contributed by atoms with Gasteiger partial charge in [0.05, 0.1) is 0 Å². The molecule has 0 N–H and O–H groups in total. The topological polar surface area (TPSA) is 0 Å². The van der Waals surface area contributed by atoms with Gasteiger partial charge in [-0.05, 0) is 61.4 Å². The van der Waals surface area contributed by atoms with E-state index in [-0.39, 0.29) is 0 Å². The van der Waals surface area contributed by atoms with E-state index >= 15 is 0 Å². The van der Waals surface area contributed by atoms with Crippen molar-refractivity contribution in [2.45, 2.75) is 27.7 Å². The SMILES string of the molecule is CC1=[C]C2=C(C)C(C)=C(C)C2=P1. The van der Waals surface area contributed by atoms with E-state index in [1.165, 1.54) is 41.1 Å². The smallest absolute Gasteiger partial charge is 0.0134 e. The van der Waals surface area contributed by atoms with Crippen molar-refractivity contribution in [3.8, 4) is 0 Å². The van der Waals surface area contributed by atoms with Gasteiger partial charge in [0, 0.05) is 5.29 Å². The normalized spacial score (nSPS) is 23.0. The van der Waals surface area contributed by atoms with Crippen LogP contribution in [0.2, 0.25) is 0 Å². The maximum atomic E-state index is 3.43. The largest absolute Gasteiger partial charge is 0.0636 e. The first-order valence-corrected chi connectivity index (χ1v) is 5.09. The average molecular weight is 175 g/mol. The predicted octanol–water partition coefficient (Wildman–Crippen LogP) is 3.49. The Kier molecular flexibility index (Phi) is 1.63. The Labute approximate surface area is 75.5 Å². The van der Waals surface area contributed by atoms with Crippen molar-refractivity contribution in [1.82, 2.24) is 0 Å². The molecule has 1 heterocycles. The van der Waals surface area contributed by atoms with Crippen LogP contribution in [-0.2, 0) is 0 Å². The zero-order valence-electron chi connectivity index (χ0n) is 7.95. The van der Waals surface area contributed by atoms with Crippen LogP contribution in [0.5, 0.6) is 0 Å². The Morgan fingerprint density at radius 3 is 2.17 bits per heavy atom. The minimum Gasteiger partial charge on any atom is -0.0636 e. The molecule has 1 radical (unpaired) electrons. The van der Waals surface area contributed by atoms with Crippen LogP contribution >= 0.6 is 8.20 Å². The highest BCUT2D eigenvalue weighted by molar-refractivity contribution is 7.47. The molecule has 61 valence electrons. The quantitative estimate of drug-likeness (QED) is 0.494. The number of fused-ring (bicyclic) bond motifs is 1. The lowest BCUT2D eigenvalue weighted by molar-refractivity contribution is 1.32. The molecule has 12 heavy (non-hydrogen) atoms. The fourth-order valence-corrected chi connectivity index (χ4v) is 2.85. The van der Waals surface area contributed by atoms with Crippen LogP contribution < -0.4 is 0 Å². The van der Waals surface area contributed by atoms with Gasteiger partial charge in [-0.2, -0.15) is 0 Å². The van der Waals surface area contributed by atoms with E-state index in [1.54, 1.807) is 0 Å². The number of rotatable bonds is 0. The van der Waals surface area contributed by atoms with Gasteiger partial charge in [0.1, 0.15) is 0 Å². The summed E-state index contributed by atoms with van der Waals surface area (Å²) in [6.07, 6.45) is 3.43. The van der Waals surface area contributed by atoms with Crippen molar-refractivity contribution in [2.75, 3.05) is 0 Å². The van der Waals surface area contributed by atoms with E-state index in [4.69, 9.17) is 0 Å². The Morgan fingerprint density at radius 2 is 1.58 bits per heavy atom. The van der Waals surface area contributed by atoms with Gasteiger partial charge in [-0.3, -0.25) is 0 Å². The van der Waals surface area contributed by atoms with Crippen LogP contribution in [0.25, 0.3) is 0 Å². The molecule has 0 aromatic rings. The fraction of sp³-hybridized carbons (Fsp3) is 0.364. The first kappa shape index (κ1) is 8.01. The molecule has 0 unspecified atom stereocenters. The maximum Gasteiger partial charge on any atom is 0.0134 e. The highest BCUT2D eigenvalue weighted by Crippen LogP contribution is 2.40. The highest BCUT2D eigenvalue weighted by Gasteiger charge is 2.23. The number of hydrogen-bond donors (Lipinski definition) is 0. The van der Waals surface area contributed by atoms with Gasteiger partial charge in [-0.1, -0.05) is 8.20 Å². The molecule has 1 aliphatic carbocycles. The summed E-state index contributed by atoms with van der Waals surface area (Å²) in [6, 6.07) is 0. The Bertz CT molecular complexity index is 376. The summed E-state index contributed by atoms with van der Waals surface area (Å²) in [6.45, 7) is 8.77. The summed E-state index contributed by atoms with van der Waals surface area (Å²) in [7, 11) is 1.37. The van der Waals surface area contributed by atoms with Crippen molar-refractivity contribution >= 4 is 13.5 Å². The second-order valence-corrected chi connectivity index (χ2v) is 4.76. The van der Waals surface area contributed by atoms with E-state index in [1.807, 2.05) is 0 Å².